The molecular formula is C18H23BrN4O4. The molecular weight excluding hydrogens is 416 g/mol. The molecule has 27 heavy (non-hydrogen) atoms. The van der Waals surface area contributed by atoms with E-state index in [1.165, 1.54) is 4.57 Å². The molecule has 1 aliphatic rings. The molecule has 0 saturated carbocycles. The molecule has 9 heteroatoms. The van der Waals surface area contributed by atoms with Crippen LogP contribution in [0.4, 0.5) is 4.79 Å². The SMILES string of the molecule is Cc1nc2c(cc1Br)[nH]c(=O)c(=O)n2C1CCN(C(=O)OC(C)(C)C)CC1. The summed E-state index contributed by atoms with van der Waals surface area (Å²) in [4.78, 5) is 45.6. The predicted molar refractivity (Wildman–Crippen MR) is 105 cm³/mol. The third kappa shape index (κ3) is 4.07. The van der Waals surface area contributed by atoms with E-state index in [2.05, 4.69) is 25.9 Å². The zero-order chi connectivity index (χ0) is 19.9. The van der Waals surface area contributed by atoms with Crippen molar-refractivity contribution in [1.82, 2.24) is 19.4 Å². The van der Waals surface area contributed by atoms with Crippen LogP contribution < -0.4 is 11.1 Å². The second-order valence-corrected chi connectivity index (χ2v) is 8.61. The molecule has 2 aromatic heterocycles. The van der Waals surface area contributed by atoms with E-state index in [9.17, 15) is 14.4 Å². The highest BCUT2D eigenvalue weighted by atomic mass is 79.9. The van der Waals surface area contributed by atoms with E-state index in [0.717, 1.165) is 10.2 Å². The van der Waals surface area contributed by atoms with E-state index in [1.54, 1.807) is 11.0 Å². The zero-order valence-electron chi connectivity index (χ0n) is 15.8. The van der Waals surface area contributed by atoms with Gasteiger partial charge in [-0.05, 0) is 62.5 Å². The Kier molecular flexibility index (Phi) is 5.16. The summed E-state index contributed by atoms with van der Waals surface area (Å²) in [6, 6.07) is 1.55. The van der Waals surface area contributed by atoms with Crippen molar-refractivity contribution in [2.24, 2.45) is 0 Å². The molecule has 1 aliphatic heterocycles. The summed E-state index contributed by atoms with van der Waals surface area (Å²) in [6.45, 7) is 8.21. The molecule has 0 spiro atoms. The first-order chi connectivity index (χ1) is 12.6. The van der Waals surface area contributed by atoms with Crippen LogP contribution in [0.1, 0.15) is 45.3 Å². The largest absolute Gasteiger partial charge is 0.444 e. The van der Waals surface area contributed by atoms with Crippen LogP contribution in [0.2, 0.25) is 0 Å². The molecule has 146 valence electrons. The summed E-state index contributed by atoms with van der Waals surface area (Å²) in [6.07, 6.45) is 0.741. The average Bonchev–Trinajstić information content (AvgIpc) is 2.57. The molecule has 0 atom stereocenters. The summed E-state index contributed by atoms with van der Waals surface area (Å²) < 4.78 is 7.64. The van der Waals surface area contributed by atoms with Crippen molar-refractivity contribution in [2.45, 2.75) is 52.2 Å². The summed E-state index contributed by atoms with van der Waals surface area (Å²) in [5, 5.41) is 0. The Morgan fingerprint density at radius 2 is 1.93 bits per heavy atom. The van der Waals surface area contributed by atoms with E-state index in [0.29, 0.717) is 37.1 Å². The maximum absolute atomic E-state index is 12.5. The van der Waals surface area contributed by atoms with Gasteiger partial charge in [-0.2, -0.15) is 0 Å². The van der Waals surface area contributed by atoms with Crippen LogP contribution in [0, 0.1) is 6.92 Å². The number of nitrogens with one attached hydrogen (secondary N) is 1. The molecule has 1 N–H and O–H groups in total. The molecule has 0 bridgehead atoms. The number of likely N-dealkylation sites (tertiary alicyclic amines) is 1. The quantitative estimate of drug-likeness (QED) is 0.690. The van der Waals surface area contributed by atoms with Crippen LogP contribution in [-0.2, 0) is 4.74 Å². The number of aryl methyl sites for hydroxylation is 1. The maximum Gasteiger partial charge on any atom is 0.410 e. The van der Waals surface area contributed by atoms with Gasteiger partial charge in [-0.15, -0.1) is 0 Å². The number of nitrogens with zero attached hydrogens (tertiary/aromatic N) is 3. The number of carbonyl (C=O) groups excluding carboxylic acids is 1. The standard InChI is InChI=1S/C18H23BrN4O4/c1-10-12(19)9-13-14(20-10)23(16(25)15(24)21-13)11-5-7-22(8-6-11)17(26)27-18(2,3)4/h9,11H,5-8H2,1-4H3,(H,21,24). The van der Waals surface area contributed by atoms with Crippen molar-refractivity contribution < 1.29 is 9.53 Å². The van der Waals surface area contributed by atoms with Crippen molar-refractivity contribution in [3.05, 3.63) is 36.9 Å². The van der Waals surface area contributed by atoms with E-state index >= 15 is 0 Å². The van der Waals surface area contributed by atoms with Crippen LogP contribution in [0.15, 0.2) is 20.1 Å². The molecule has 0 radical (unpaired) electrons. The van der Waals surface area contributed by atoms with Crippen molar-refractivity contribution >= 4 is 33.2 Å². The molecule has 3 heterocycles. The van der Waals surface area contributed by atoms with Crippen molar-refractivity contribution in [3.63, 3.8) is 0 Å². The Morgan fingerprint density at radius 3 is 2.52 bits per heavy atom. The first-order valence-electron chi connectivity index (χ1n) is 8.86. The highest BCUT2D eigenvalue weighted by Crippen LogP contribution is 2.26. The lowest BCUT2D eigenvalue weighted by molar-refractivity contribution is 0.0188. The van der Waals surface area contributed by atoms with Gasteiger partial charge in [0.1, 0.15) is 5.60 Å². The monoisotopic (exact) mass is 438 g/mol. The van der Waals surface area contributed by atoms with E-state index in [-0.39, 0.29) is 12.1 Å². The number of H-pyrrole nitrogens is 1. The number of amides is 1. The number of halogens is 1. The third-order valence-corrected chi connectivity index (χ3v) is 5.30. The summed E-state index contributed by atoms with van der Waals surface area (Å²) in [7, 11) is 0. The van der Waals surface area contributed by atoms with Gasteiger partial charge in [0.05, 0.1) is 11.2 Å². The number of aromatic amines is 1. The normalized spacial score (nSPS) is 16.0. The predicted octanol–water partition coefficient (Wildman–Crippen LogP) is 2.73. The minimum atomic E-state index is -0.672. The van der Waals surface area contributed by atoms with Crippen LogP contribution in [0.5, 0.6) is 0 Å². The van der Waals surface area contributed by atoms with Gasteiger partial charge in [-0.3, -0.25) is 14.2 Å². The fraction of sp³-hybridized carbons (Fsp3) is 0.556. The molecule has 0 aromatic carbocycles. The van der Waals surface area contributed by atoms with Gasteiger partial charge in [0.15, 0.2) is 5.65 Å². The number of piperidine rings is 1. The lowest BCUT2D eigenvalue weighted by Gasteiger charge is -2.34. The molecule has 0 aliphatic carbocycles. The van der Waals surface area contributed by atoms with Gasteiger partial charge in [0.2, 0.25) is 0 Å². The molecule has 1 amide bonds. The topological polar surface area (TPSA) is 97.3 Å². The van der Waals surface area contributed by atoms with Gasteiger partial charge in [-0.1, -0.05) is 0 Å². The number of aromatic nitrogens is 3. The molecule has 0 unspecified atom stereocenters. The fourth-order valence-corrected chi connectivity index (χ4v) is 3.51. The number of fused-ring (bicyclic) bond motifs is 1. The van der Waals surface area contributed by atoms with Crippen molar-refractivity contribution in [3.8, 4) is 0 Å². The minimum Gasteiger partial charge on any atom is -0.444 e. The number of rotatable bonds is 1. The molecule has 3 rings (SSSR count). The average molecular weight is 439 g/mol. The van der Waals surface area contributed by atoms with Gasteiger partial charge in [-0.25, -0.2) is 9.78 Å². The first-order valence-corrected chi connectivity index (χ1v) is 9.66. The second-order valence-electron chi connectivity index (χ2n) is 7.75. The first kappa shape index (κ1) is 19.6. The number of pyridine rings is 1. The number of carbonyl (C=O) groups is 1. The van der Waals surface area contributed by atoms with Gasteiger partial charge >= 0.3 is 17.2 Å². The maximum atomic E-state index is 12.5. The fourth-order valence-electron chi connectivity index (χ4n) is 3.20. The van der Waals surface area contributed by atoms with Gasteiger partial charge < -0.3 is 14.6 Å². The highest BCUT2D eigenvalue weighted by molar-refractivity contribution is 9.10. The van der Waals surface area contributed by atoms with Crippen LogP contribution in [0.25, 0.3) is 11.2 Å². The van der Waals surface area contributed by atoms with E-state index in [4.69, 9.17) is 4.74 Å². The van der Waals surface area contributed by atoms with Crippen molar-refractivity contribution in [1.29, 1.82) is 0 Å². The molecule has 2 aromatic rings. The molecule has 8 nitrogen and oxygen atoms in total. The number of hydrogen-bond acceptors (Lipinski definition) is 5. The van der Waals surface area contributed by atoms with Crippen molar-refractivity contribution in [2.75, 3.05) is 13.1 Å². The highest BCUT2D eigenvalue weighted by Gasteiger charge is 2.29. The lowest BCUT2D eigenvalue weighted by Crippen LogP contribution is -2.45. The minimum absolute atomic E-state index is 0.200. The summed E-state index contributed by atoms with van der Waals surface area (Å²) >= 11 is 3.40. The van der Waals surface area contributed by atoms with Crippen LogP contribution in [-0.4, -0.2) is 44.2 Å². The smallest absolute Gasteiger partial charge is 0.410 e. The summed E-state index contributed by atoms with van der Waals surface area (Å²) in [5.74, 6) is 0. The van der Waals surface area contributed by atoms with E-state index in [1.807, 2.05) is 27.7 Å². The Labute approximate surface area is 164 Å². The van der Waals surface area contributed by atoms with Gasteiger partial charge in [0, 0.05) is 23.6 Å². The van der Waals surface area contributed by atoms with Crippen LogP contribution in [0.3, 0.4) is 0 Å². The number of ether oxygens (including phenoxy) is 1. The number of hydrogen-bond donors (Lipinski definition) is 1. The van der Waals surface area contributed by atoms with E-state index < -0.39 is 16.7 Å². The Bertz CT molecular complexity index is 997. The third-order valence-electron chi connectivity index (χ3n) is 4.50. The zero-order valence-corrected chi connectivity index (χ0v) is 17.4. The second kappa shape index (κ2) is 7.10. The lowest BCUT2D eigenvalue weighted by atomic mass is 10.0. The Balaban J connectivity index is 1.90. The molecule has 1 fully saturated rings. The van der Waals surface area contributed by atoms with Crippen LogP contribution >= 0.6 is 15.9 Å². The molecule has 1 saturated heterocycles. The van der Waals surface area contributed by atoms with Gasteiger partial charge in [0.25, 0.3) is 0 Å². The summed E-state index contributed by atoms with van der Waals surface area (Å²) in [5.41, 5.74) is -0.151. The Hall–Kier alpha value is -2.16. The Morgan fingerprint density at radius 1 is 1.30 bits per heavy atom.